The van der Waals surface area contributed by atoms with Gasteiger partial charge in [-0.15, -0.1) is 0 Å². The summed E-state index contributed by atoms with van der Waals surface area (Å²) in [4.78, 5) is 23.0. The van der Waals surface area contributed by atoms with Gasteiger partial charge in [0.05, 0.1) is 7.11 Å². The average molecular weight is 387 g/mol. The molecule has 1 heterocycles. The summed E-state index contributed by atoms with van der Waals surface area (Å²) in [5, 5.41) is 1.67. The molecule has 148 valence electrons. The van der Waals surface area contributed by atoms with Crippen LogP contribution in [0.25, 0.3) is 0 Å². The van der Waals surface area contributed by atoms with Gasteiger partial charge in [-0.1, -0.05) is 12.5 Å². The lowest BCUT2D eigenvalue weighted by molar-refractivity contribution is -0.175. The van der Waals surface area contributed by atoms with Crippen molar-refractivity contribution in [3.8, 4) is 11.5 Å². The van der Waals surface area contributed by atoms with E-state index < -0.39 is 29.9 Å². The predicted octanol–water partition coefficient (Wildman–Crippen LogP) is 2.88. The Labute approximate surface area is 154 Å². The van der Waals surface area contributed by atoms with Crippen molar-refractivity contribution in [1.29, 1.82) is 0 Å². The van der Waals surface area contributed by atoms with Crippen LogP contribution < -0.4 is 14.8 Å². The summed E-state index contributed by atoms with van der Waals surface area (Å²) in [6.07, 6.45) is -0.612. The third kappa shape index (κ3) is 4.28. The number of rotatable bonds is 4. The van der Waals surface area contributed by atoms with Gasteiger partial charge >= 0.3 is 18.1 Å². The molecule has 1 aliphatic heterocycles. The van der Waals surface area contributed by atoms with E-state index in [0.29, 0.717) is 17.1 Å². The number of carbonyl (C=O) groups excluding carboxylic acids is 2. The zero-order valence-corrected chi connectivity index (χ0v) is 14.7. The minimum Gasteiger partial charge on any atom is -0.467 e. The molecule has 1 aliphatic carbocycles. The molecule has 1 aromatic carbocycles. The van der Waals surface area contributed by atoms with Crippen molar-refractivity contribution >= 4 is 11.9 Å². The maximum Gasteiger partial charge on any atom is 0.471 e. The van der Waals surface area contributed by atoms with E-state index in [0.717, 1.165) is 39.2 Å². The molecule has 2 aliphatic rings. The highest BCUT2D eigenvalue weighted by molar-refractivity contribution is 5.87. The second-order valence-electron chi connectivity index (χ2n) is 6.71. The molecule has 6 nitrogen and oxygen atoms in total. The molecule has 1 aromatic rings. The average Bonchev–Trinajstić information content (AvgIpc) is 2.96. The molecule has 1 unspecified atom stereocenters. The van der Waals surface area contributed by atoms with E-state index >= 15 is 0 Å². The number of carbonyl (C=O) groups is 2. The van der Waals surface area contributed by atoms with Crippen molar-refractivity contribution in [2.24, 2.45) is 0 Å². The Morgan fingerprint density at radius 1 is 1.19 bits per heavy atom. The van der Waals surface area contributed by atoms with Crippen molar-refractivity contribution in [2.45, 2.75) is 56.5 Å². The van der Waals surface area contributed by atoms with Gasteiger partial charge < -0.3 is 19.5 Å². The highest BCUT2D eigenvalue weighted by Gasteiger charge is 2.43. The standard InChI is InChI=1S/C18H20F3NO5/c1-25-15(23)12(22-16(24)18(19,20)21)9-11-5-6-13-14(10-11)27-17(26-13)7-3-2-4-8-17/h5-6,10,12H,2-4,7-9H2,1H3,(H,22,24). The van der Waals surface area contributed by atoms with E-state index in [1.165, 1.54) is 0 Å². The Morgan fingerprint density at radius 3 is 2.48 bits per heavy atom. The molecule has 1 saturated carbocycles. The number of nitrogens with one attached hydrogen (secondary N) is 1. The van der Waals surface area contributed by atoms with Crippen LogP contribution in [-0.4, -0.2) is 37.0 Å². The van der Waals surface area contributed by atoms with E-state index in [9.17, 15) is 22.8 Å². The van der Waals surface area contributed by atoms with E-state index in [-0.39, 0.29) is 6.42 Å². The SMILES string of the molecule is COC(=O)C(Cc1ccc2c(c1)OC1(CCCCC1)O2)NC(=O)C(F)(F)F. The largest absolute Gasteiger partial charge is 0.471 e. The summed E-state index contributed by atoms with van der Waals surface area (Å²) < 4.78 is 53.9. The molecule has 1 atom stereocenters. The number of benzene rings is 1. The second-order valence-corrected chi connectivity index (χ2v) is 6.71. The summed E-state index contributed by atoms with van der Waals surface area (Å²) in [7, 11) is 1.04. The summed E-state index contributed by atoms with van der Waals surface area (Å²) in [6.45, 7) is 0. The van der Waals surface area contributed by atoms with E-state index in [4.69, 9.17) is 9.47 Å². The molecule has 9 heteroatoms. The van der Waals surface area contributed by atoms with Crippen LogP contribution in [0, 0.1) is 0 Å². The number of alkyl halides is 3. The molecule has 3 rings (SSSR count). The van der Waals surface area contributed by atoms with Gasteiger partial charge in [0.25, 0.3) is 5.79 Å². The van der Waals surface area contributed by atoms with Crippen LogP contribution in [0.1, 0.15) is 37.7 Å². The highest BCUT2D eigenvalue weighted by Crippen LogP contribution is 2.45. The van der Waals surface area contributed by atoms with E-state index in [1.54, 1.807) is 23.5 Å². The fourth-order valence-electron chi connectivity index (χ4n) is 3.37. The quantitative estimate of drug-likeness (QED) is 0.805. The van der Waals surface area contributed by atoms with Gasteiger partial charge in [-0.05, 0) is 30.5 Å². The number of halogens is 3. The maximum atomic E-state index is 12.5. The van der Waals surface area contributed by atoms with E-state index in [2.05, 4.69) is 4.74 Å². The molecule has 1 N–H and O–H groups in total. The maximum absolute atomic E-state index is 12.5. The lowest BCUT2D eigenvalue weighted by Crippen LogP contribution is -2.48. The molecule has 1 fully saturated rings. The van der Waals surface area contributed by atoms with Gasteiger partial charge in [-0.2, -0.15) is 13.2 Å². The number of methoxy groups -OCH3 is 1. The Kier molecular flexibility index (Phi) is 5.21. The van der Waals surface area contributed by atoms with Crippen LogP contribution in [0.15, 0.2) is 18.2 Å². The number of hydrogen-bond donors (Lipinski definition) is 1. The molecule has 27 heavy (non-hydrogen) atoms. The molecule has 1 amide bonds. The third-order valence-corrected chi connectivity index (χ3v) is 4.70. The van der Waals surface area contributed by atoms with Gasteiger partial charge in [0.1, 0.15) is 6.04 Å². The molecule has 0 bridgehead atoms. The van der Waals surface area contributed by atoms with Crippen molar-refractivity contribution in [1.82, 2.24) is 5.32 Å². The highest BCUT2D eigenvalue weighted by atomic mass is 19.4. The summed E-state index contributed by atoms with van der Waals surface area (Å²) in [5.74, 6) is -2.78. The first-order valence-corrected chi connectivity index (χ1v) is 8.69. The van der Waals surface area contributed by atoms with Crippen molar-refractivity contribution < 1.29 is 37.0 Å². The fraction of sp³-hybridized carbons (Fsp3) is 0.556. The Morgan fingerprint density at radius 2 is 1.85 bits per heavy atom. The summed E-state index contributed by atoms with van der Waals surface area (Å²) in [5.41, 5.74) is 0.517. The molecular formula is C18H20F3NO5. The number of fused-ring (bicyclic) bond motifs is 1. The van der Waals surface area contributed by atoms with Crippen LogP contribution in [0.2, 0.25) is 0 Å². The molecule has 0 radical (unpaired) electrons. The van der Waals surface area contributed by atoms with Crippen LogP contribution in [0.4, 0.5) is 13.2 Å². The van der Waals surface area contributed by atoms with Crippen molar-refractivity contribution in [3.05, 3.63) is 23.8 Å². The first-order valence-electron chi connectivity index (χ1n) is 8.69. The topological polar surface area (TPSA) is 73.9 Å². The number of ether oxygens (including phenoxy) is 3. The first kappa shape index (κ1) is 19.3. The van der Waals surface area contributed by atoms with Gasteiger partial charge in [0, 0.05) is 19.3 Å². The van der Waals surface area contributed by atoms with Gasteiger partial charge in [-0.3, -0.25) is 4.79 Å². The van der Waals surface area contributed by atoms with E-state index in [1.807, 2.05) is 0 Å². The van der Waals surface area contributed by atoms with Crippen molar-refractivity contribution in [2.75, 3.05) is 7.11 Å². The fourth-order valence-corrected chi connectivity index (χ4v) is 3.37. The van der Waals surface area contributed by atoms with Crippen molar-refractivity contribution in [3.63, 3.8) is 0 Å². The predicted molar refractivity (Wildman–Crippen MR) is 87.2 cm³/mol. The number of hydrogen-bond acceptors (Lipinski definition) is 5. The molecular weight excluding hydrogens is 367 g/mol. The monoisotopic (exact) mass is 387 g/mol. The zero-order chi connectivity index (χ0) is 19.7. The Bertz CT molecular complexity index is 728. The summed E-state index contributed by atoms with van der Waals surface area (Å²) in [6, 6.07) is 3.44. The van der Waals surface area contributed by atoms with Crippen LogP contribution in [0.3, 0.4) is 0 Å². The van der Waals surface area contributed by atoms with Crippen LogP contribution in [0.5, 0.6) is 11.5 Å². The lowest BCUT2D eigenvalue weighted by atomic mass is 9.94. The zero-order valence-electron chi connectivity index (χ0n) is 14.7. The molecule has 0 saturated heterocycles. The lowest BCUT2D eigenvalue weighted by Gasteiger charge is -2.31. The third-order valence-electron chi connectivity index (χ3n) is 4.70. The first-order chi connectivity index (χ1) is 12.7. The van der Waals surface area contributed by atoms with Crippen LogP contribution in [-0.2, 0) is 20.7 Å². The normalized spacial score (nSPS) is 18.8. The Hall–Kier alpha value is -2.45. The molecule has 1 spiro atoms. The number of amides is 1. The minimum absolute atomic E-state index is 0.169. The van der Waals surface area contributed by atoms with Crippen LogP contribution >= 0.6 is 0 Å². The Balaban J connectivity index is 1.73. The van der Waals surface area contributed by atoms with Gasteiger partial charge in [-0.25, -0.2) is 4.79 Å². The number of esters is 1. The van der Waals surface area contributed by atoms with Gasteiger partial charge in [0.2, 0.25) is 0 Å². The minimum atomic E-state index is -5.09. The summed E-state index contributed by atoms with van der Waals surface area (Å²) >= 11 is 0. The second kappa shape index (κ2) is 7.28. The van der Waals surface area contributed by atoms with Gasteiger partial charge in [0.15, 0.2) is 11.5 Å². The molecule has 0 aromatic heterocycles. The smallest absolute Gasteiger partial charge is 0.467 e.